The number of carbonyl (C=O) groups is 1. The highest BCUT2D eigenvalue weighted by Gasteiger charge is 2.36. The molecule has 1 N–H and O–H groups in total. The van der Waals surface area contributed by atoms with Crippen molar-refractivity contribution in [3.05, 3.63) is 47.4 Å². The predicted octanol–water partition coefficient (Wildman–Crippen LogP) is 2.72. The van der Waals surface area contributed by atoms with E-state index in [2.05, 4.69) is 15.3 Å². The summed E-state index contributed by atoms with van der Waals surface area (Å²) in [6.07, 6.45) is 2.36. The SMILES string of the molecule is CNc1cc(CN(C)C(C)=O)nc(C2CCCCN2S(=O)(=O)c2ccc(C)cc2)n1. The number of carbonyl (C=O) groups excluding carboxylic acids is 1. The van der Waals surface area contributed by atoms with Crippen molar-refractivity contribution < 1.29 is 13.2 Å². The summed E-state index contributed by atoms with van der Waals surface area (Å²) in [5.41, 5.74) is 1.67. The molecule has 162 valence electrons. The van der Waals surface area contributed by atoms with Crippen LogP contribution in [0.1, 0.15) is 49.3 Å². The van der Waals surface area contributed by atoms with E-state index in [1.165, 1.54) is 11.2 Å². The molecule has 0 bridgehead atoms. The smallest absolute Gasteiger partial charge is 0.243 e. The minimum Gasteiger partial charge on any atom is -0.373 e. The van der Waals surface area contributed by atoms with Crippen molar-refractivity contribution in [2.75, 3.05) is 26.0 Å². The fourth-order valence-electron chi connectivity index (χ4n) is 3.53. The number of hydrogen-bond donors (Lipinski definition) is 1. The average molecular weight is 432 g/mol. The molecule has 1 aliphatic heterocycles. The molecule has 0 radical (unpaired) electrons. The van der Waals surface area contributed by atoms with Gasteiger partial charge in [0.2, 0.25) is 15.9 Å². The summed E-state index contributed by atoms with van der Waals surface area (Å²) in [7, 11) is -0.214. The Kier molecular flexibility index (Phi) is 6.72. The highest BCUT2D eigenvalue weighted by atomic mass is 32.2. The Morgan fingerprint density at radius 1 is 1.23 bits per heavy atom. The number of hydrogen-bond acceptors (Lipinski definition) is 6. The molecular weight excluding hydrogens is 402 g/mol. The zero-order valence-corrected chi connectivity index (χ0v) is 18.7. The third-order valence-electron chi connectivity index (χ3n) is 5.37. The highest BCUT2D eigenvalue weighted by Crippen LogP contribution is 2.34. The number of anilines is 1. The van der Waals surface area contributed by atoms with Gasteiger partial charge in [-0.25, -0.2) is 18.4 Å². The monoisotopic (exact) mass is 431 g/mol. The maximum absolute atomic E-state index is 13.4. The van der Waals surface area contributed by atoms with E-state index in [0.29, 0.717) is 36.8 Å². The fraction of sp³-hybridized carbons (Fsp3) is 0.476. The number of rotatable bonds is 6. The molecule has 0 saturated carbocycles. The van der Waals surface area contributed by atoms with Crippen LogP contribution in [0.2, 0.25) is 0 Å². The normalized spacial score (nSPS) is 17.5. The van der Waals surface area contributed by atoms with E-state index in [1.807, 2.05) is 6.92 Å². The fourth-order valence-corrected chi connectivity index (χ4v) is 5.18. The first-order valence-corrected chi connectivity index (χ1v) is 11.5. The van der Waals surface area contributed by atoms with Crippen molar-refractivity contribution in [1.29, 1.82) is 0 Å². The first-order valence-electron chi connectivity index (χ1n) is 10.1. The van der Waals surface area contributed by atoms with Gasteiger partial charge in [0, 0.05) is 33.6 Å². The van der Waals surface area contributed by atoms with Crippen LogP contribution in [0.5, 0.6) is 0 Å². The lowest BCUT2D eigenvalue weighted by molar-refractivity contribution is -0.128. The molecule has 1 unspecified atom stereocenters. The van der Waals surface area contributed by atoms with E-state index >= 15 is 0 Å². The summed E-state index contributed by atoms with van der Waals surface area (Å²) in [5.74, 6) is 0.997. The molecule has 2 aromatic rings. The molecule has 1 aromatic carbocycles. The van der Waals surface area contributed by atoms with Gasteiger partial charge in [-0.3, -0.25) is 4.79 Å². The molecule has 2 heterocycles. The van der Waals surface area contributed by atoms with Gasteiger partial charge in [-0.2, -0.15) is 4.31 Å². The third-order valence-corrected chi connectivity index (χ3v) is 7.29. The van der Waals surface area contributed by atoms with E-state index in [-0.39, 0.29) is 10.8 Å². The predicted molar refractivity (Wildman–Crippen MR) is 115 cm³/mol. The summed E-state index contributed by atoms with van der Waals surface area (Å²) in [5, 5.41) is 3.02. The summed E-state index contributed by atoms with van der Waals surface area (Å²) >= 11 is 0. The van der Waals surface area contributed by atoms with Gasteiger partial charge in [0.25, 0.3) is 0 Å². The number of amides is 1. The Balaban J connectivity index is 1.99. The van der Waals surface area contributed by atoms with Crippen molar-refractivity contribution in [3.63, 3.8) is 0 Å². The van der Waals surface area contributed by atoms with Crippen LogP contribution in [-0.2, 0) is 21.4 Å². The number of aromatic nitrogens is 2. The first-order chi connectivity index (χ1) is 14.2. The number of nitrogens with zero attached hydrogens (tertiary/aromatic N) is 4. The van der Waals surface area contributed by atoms with Gasteiger partial charge in [0.1, 0.15) is 11.6 Å². The lowest BCUT2D eigenvalue weighted by Gasteiger charge is -2.34. The van der Waals surface area contributed by atoms with Crippen molar-refractivity contribution in [3.8, 4) is 0 Å². The molecule has 30 heavy (non-hydrogen) atoms. The summed E-state index contributed by atoms with van der Waals surface area (Å²) in [6.45, 7) is 4.18. The van der Waals surface area contributed by atoms with Crippen LogP contribution in [0.4, 0.5) is 5.82 Å². The molecule has 1 aliphatic rings. The largest absolute Gasteiger partial charge is 0.373 e. The second-order valence-corrected chi connectivity index (χ2v) is 9.56. The van der Waals surface area contributed by atoms with E-state index in [0.717, 1.165) is 18.4 Å². The molecule has 0 aliphatic carbocycles. The minimum atomic E-state index is -3.68. The molecule has 1 amide bonds. The lowest BCUT2D eigenvalue weighted by Crippen LogP contribution is -2.39. The van der Waals surface area contributed by atoms with E-state index in [4.69, 9.17) is 0 Å². The third kappa shape index (κ3) is 4.79. The Labute approximate surface area is 178 Å². The second kappa shape index (κ2) is 9.09. The van der Waals surface area contributed by atoms with Crippen molar-refractivity contribution >= 4 is 21.7 Å². The maximum Gasteiger partial charge on any atom is 0.243 e. The molecular formula is C21H29N5O3S. The summed E-state index contributed by atoms with van der Waals surface area (Å²) in [4.78, 5) is 22.7. The van der Waals surface area contributed by atoms with Crippen LogP contribution in [-0.4, -0.2) is 54.1 Å². The minimum absolute atomic E-state index is 0.0672. The summed E-state index contributed by atoms with van der Waals surface area (Å²) in [6, 6.07) is 8.24. The number of sulfonamides is 1. The van der Waals surface area contributed by atoms with Gasteiger partial charge in [0.05, 0.1) is 23.2 Å². The zero-order valence-electron chi connectivity index (χ0n) is 17.9. The number of benzene rings is 1. The highest BCUT2D eigenvalue weighted by molar-refractivity contribution is 7.89. The summed E-state index contributed by atoms with van der Waals surface area (Å²) < 4.78 is 28.3. The van der Waals surface area contributed by atoms with Gasteiger partial charge in [-0.1, -0.05) is 24.1 Å². The van der Waals surface area contributed by atoms with E-state index < -0.39 is 16.1 Å². The van der Waals surface area contributed by atoms with Crippen LogP contribution in [0, 0.1) is 6.92 Å². The van der Waals surface area contributed by atoms with Gasteiger partial charge in [0.15, 0.2) is 0 Å². The van der Waals surface area contributed by atoms with Gasteiger partial charge in [-0.05, 0) is 31.9 Å². The molecule has 1 saturated heterocycles. The van der Waals surface area contributed by atoms with Gasteiger partial charge in [-0.15, -0.1) is 0 Å². The van der Waals surface area contributed by atoms with E-state index in [1.54, 1.807) is 49.3 Å². The average Bonchev–Trinajstić information content (AvgIpc) is 2.73. The molecule has 8 nitrogen and oxygen atoms in total. The van der Waals surface area contributed by atoms with Crippen molar-refractivity contribution in [2.24, 2.45) is 0 Å². The van der Waals surface area contributed by atoms with Crippen molar-refractivity contribution in [2.45, 2.75) is 50.6 Å². The van der Waals surface area contributed by atoms with Crippen LogP contribution >= 0.6 is 0 Å². The lowest BCUT2D eigenvalue weighted by atomic mass is 10.0. The Morgan fingerprint density at radius 2 is 1.93 bits per heavy atom. The molecule has 1 aromatic heterocycles. The standard InChI is InChI=1S/C21H29N5O3S/c1-15-8-10-18(11-9-15)30(28,29)26-12-6-5-7-19(26)21-23-17(13-20(22-3)24-21)14-25(4)16(2)27/h8-11,13,19H,5-7,12,14H2,1-4H3,(H,22,23,24). The molecule has 1 atom stereocenters. The van der Waals surface area contributed by atoms with Gasteiger partial charge < -0.3 is 10.2 Å². The Morgan fingerprint density at radius 3 is 2.57 bits per heavy atom. The Hall–Kier alpha value is -2.52. The topological polar surface area (TPSA) is 95.5 Å². The quantitative estimate of drug-likeness (QED) is 0.756. The van der Waals surface area contributed by atoms with Crippen LogP contribution in [0.15, 0.2) is 35.2 Å². The molecule has 3 rings (SSSR count). The first kappa shape index (κ1) is 22.2. The van der Waals surface area contributed by atoms with E-state index in [9.17, 15) is 13.2 Å². The zero-order chi connectivity index (χ0) is 21.9. The molecule has 0 spiro atoms. The van der Waals surface area contributed by atoms with Crippen LogP contribution < -0.4 is 5.32 Å². The second-order valence-electron chi connectivity index (χ2n) is 7.67. The maximum atomic E-state index is 13.4. The molecule has 9 heteroatoms. The Bertz CT molecular complexity index is 1010. The molecule has 1 fully saturated rings. The van der Waals surface area contributed by atoms with Crippen LogP contribution in [0.3, 0.4) is 0 Å². The van der Waals surface area contributed by atoms with Crippen molar-refractivity contribution in [1.82, 2.24) is 19.2 Å². The number of nitrogens with one attached hydrogen (secondary N) is 1. The van der Waals surface area contributed by atoms with Gasteiger partial charge >= 0.3 is 0 Å². The number of aryl methyl sites for hydroxylation is 1. The number of piperidine rings is 1. The van der Waals surface area contributed by atoms with Crippen LogP contribution in [0.25, 0.3) is 0 Å².